The summed E-state index contributed by atoms with van der Waals surface area (Å²) in [7, 11) is 0. The molecular weight excluding hydrogens is 390 g/mol. The molecule has 0 bridgehead atoms. The minimum Gasteiger partial charge on any atom is -0.387 e. The zero-order valence-corrected chi connectivity index (χ0v) is 16.1. The first-order valence-corrected chi connectivity index (χ1v) is 10.0. The van der Waals surface area contributed by atoms with E-state index < -0.39 is 36.5 Å². The van der Waals surface area contributed by atoms with Crippen LogP contribution in [0.3, 0.4) is 0 Å². The first-order chi connectivity index (χ1) is 13.3. The van der Waals surface area contributed by atoms with Gasteiger partial charge in [-0.2, -0.15) is 11.8 Å². The number of hydroxylamine groups is 2. The number of nitrogen functional groups attached to an aromatic ring is 1. The summed E-state index contributed by atoms with van der Waals surface area (Å²) in [4.78, 5) is 24.2. The van der Waals surface area contributed by atoms with Crippen LogP contribution in [0.1, 0.15) is 12.6 Å². The number of fused-ring (bicyclic) bond motifs is 1. The molecule has 12 nitrogen and oxygen atoms in total. The molecule has 0 radical (unpaired) electrons. The number of rotatable bonds is 7. The molecule has 2 aromatic rings. The van der Waals surface area contributed by atoms with Crippen molar-refractivity contribution in [3.8, 4) is 0 Å². The first kappa shape index (κ1) is 20.7. The molecule has 154 valence electrons. The van der Waals surface area contributed by atoms with E-state index in [1.165, 1.54) is 17.2 Å². The third kappa shape index (κ3) is 3.90. The number of aromatic nitrogens is 4. The predicted octanol–water partition coefficient (Wildman–Crippen LogP) is -2.39. The summed E-state index contributed by atoms with van der Waals surface area (Å²) in [5.74, 6) is 0.332. The third-order valence-corrected chi connectivity index (χ3v) is 5.27. The number of imidazole rings is 1. The summed E-state index contributed by atoms with van der Waals surface area (Å²) < 4.78 is 7.13. The van der Waals surface area contributed by atoms with Crippen LogP contribution in [-0.4, -0.2) is 88.8 Å². The number of aliphatic hydroxyl groups is 2. The maximum Gasteiger partial charge on any atom is 0.304 e. The predicted molar refractivity (Wildman–Crippen MR) is 98.8 cm³/mol. The Morgan fingerprint density at radius 3 is 2.89 bits per heavy atom. The highest BCUT2D eigenvalue weighted by Crippen LogP contribution is 2.32. The molecule has 1 amide bonds. The molecule has 28 heavy (non-hydrogen) atoms. The van der Waals surface area contributed by atoms with Crippen LogP contribution in [-0.2, 0) is 9.53 Å². The molecule has 0 unspecified atom stereocenters. The number of nitrogens with zero attached hydrogens (tertiary/aromatic N) is 5. The minimum atomic E-state index is -1.33. The number of hydrogen-bond donors (Lipinski definition) is 5. The van der Waals surface area contributed by atoms with Crippen LogP contribution in [0.5, 0.6) is 0 Å². The monoisotopic (exact) mass is 414 g/mol. The molecule has 3 rings (SSSR count). The van der Waals surface area contributed by atoms with Crippen molar-refractivity contribution in [1.29, 1.82) is 0 Å². The molecule has 13 heteroatoms. The van der Waals surface area contributed by atoms with Crippen molar-refractivity contribution >= 4 is 34.7 Å². The van der Waals surface area contributed by atoms with Gasteiger partial charge in [0.05, 0.1) is 12.9 Å². The molecule has 0 aromatic carbocycles. The van der Waals surface area contributed by atoms with Crippen LogP contribution in [0.15, 0.2) is 12.7 Å². The van der Waals surface area contributed by atoms with Crippen molar-refractivity contribution < 1.29 is 30.7 Å². The number of nitrogens with two attached hydrogens (primary N) is 1. The Hall–Kier alpha value is -2.03. The van der Waals surface area contributed by atoms with Crippen LogP contribution < -0.4 is 11.5 Å². The zero-order chi connectivity index (χ0) is 20.4. The minimum absolute atomic E-state index is 0.173. The largest absolute Gasteiger partial charge is 0.387 e. The van der Waals surface area contributed by atoms with Crippen LogP contribution >= 0.6 is 11.8 Å². The van der Waals surface area contributed by atoms with Gasteiger partial charge in [0.2, 0.25) is 0 Å². The number of amides is 1. The lowest BCUT2D eigenvalue weighted by molar-refractivity contribution is -0.409. The van der Waals surface area contributed by atoms with Gasteiger partial charge in [0.1, 0.15) is 30.2 Å². The summed E-state index contributed by atoms with van der Waals surface area (Å²) in [6.45, 7) is -0.317. The van der Waals surface area contributed by atoms with E-state index in [1.54, 1.807) is 11.8 Å². The number of quaternary nitrogens is 1. The number of carbonyl (C=O) groups is 1. The molecule has 0 saturated carbocycles. The van der Waals surface area contributed by atoms with Crippen LogP contribution in [0.4, 0.5) is 5.82 Å². The van der Waals surface area contributed by atoms with Crippen molar-refractivity contribution in [2.24, 2.45) is 0 Å². The van der Waals surface area contributed by atoms with Crippen LogP contribution in [0.25, 0.3) is 11.2 Å². The maximum absolute atomic E-state index is 12.2. The van der Waals surface area contributed by atoms with E-state index in [4.69, 9.17) is 10.5 Å². The van der Waals surface area contributed by atoms with E-state index in [0.29, 0.717) is 22.6 Å². The third-order valence-electron chi connectivity index (χ3n) is 4.63. The highest BCUT2D eigenvalue weighted by molar-refractivity contribution is 7.98. The lowest BCUT2D eigenvalue weighted by Gasteiger charge is -2.22. The SMILES string of the molecule is CSCC[C@H]([NH3+])C(=O)N(O)C[C@H]1O[C@@H](n2cnc3c(N)ncnc32)[C@H](O)[C@@H]1O. The Kier molecular flexibility index (Phi) is 6.32. The summed E-state index contributed by atoms with van der Waals surface area (Å²) in [5.41, 5.74) is 10.2. The van der Waals surface area contributed by atoms with Gasteiger partial charge in [0.15, 0.2) is 23.7 Å². The number of ether oxygens (including phenoxy) is 1. The van der Waals surface area contributed by atoms with Crippen molar-refractivity contribution in [3.63, 3.8) is 0 Å². The van der Waals surface area contributed by atoms with Crippen LogP contribution in [0, 0.1) is 0 Å². The van der Waals surface area contributed by atoms with Crippen molar-refractivity contribution in [3.05, 3.63) is 12.7 Å². The van der Waals surface area contributed by atoms with Crippen molar-refractivity contribution in [1.82, 2.24) is 24.6 Å². The van der Waals surface area contributed by atoms with E-state index in [1.807, 2.05) is 6.26 Å². The number of anilines is 1. The van der Waals surface area contributed by atoms with E-state index >= 15 is 0 Å². The van der Waals surface area contributed by atoms with E-state index in [2.05, 4.69) is 20.7 Å². The topological polar surface area (TPSA) is 187 Å². The molecule has 8 N–H and O–H groups in total. The van der Waals surface area contributed by atoms with E-state index in [9.17, 15) is 20.2 Å². The fourth-order valence-electron chi connectivity index (χ4n) is 3.02. The quantitative estimate of drug-likeness (QED) is 0.241. The molecular formula is C15H24N7O5S+. The lowest BCUT2D eigenvalue weighted by Crippen LogP contribution is -2.68. The molecule has 1 fully saturated rings. The Balaban J connectivity index is 1.72. The molecule has 1 aliphatic rings. The standard InChI is InChI=1S/C15H23N7O5S/c1-28-3-2-7(16)14(25)22(26)4-8-10(23)11(24)15(27-8)21-6-20-9-12(17)18-5-19-13(9)21/h5-8,10-11,15,23-24,26H,2-4,16H2,1H3,(H2,17,18,19)/p+1/t7-,8+,10+,11+,15+/m0/s1. The highest BCUT2D eigenvalue weighted by atomic mass is 32.2. The normalized spacial score (nSPS) is 25.9. The molecule has 3 heterocycles. The molecule has 1 saturated heterocycles. The first-order valence-electron chi connectivity index (χ1n) is 8.62. The van der Waals surface area contributed by atoms with Gasteiger partial charge in [-0.15, -0.1) is 0 Å². The highest BCUT2D eigenvalue weighted by Gasteiger charge is 2.45. The number of thioether (sulfide) groups is 1. The Morgan fingerprint density at radius 2 is 2.18 bits per heavy atom. The Bertz CT molecular complexity index is 836. The summed E-state index contributed by atoms with van der Waals surface area (Å²) in [6.07, 6.45) is 0.354. The van der Waals surface area contributed by atoms with Gasteiger partial charge in [0.25, 0.3) is 0 Å². The smallest absolute Gasteiger partial charge is 0.304 e. The van der Waals surface area contributed by atoms with Gasteiger partial charge in [-0.25, -0.2) is 20.0 Å². The van der Waals surface area contributed by atoms with Crippen molar-refractivity contribution in [2.75, 3.05) is 24.3 Å². The second-order valence-corrected chi connectivity index (χ2v) is 7.51. The molecule has 0 spiro atoms. The average molecular weight is 414 g/mol. The Labute approximate surface area is 164 Å². The number of aliphatic hydroxyl groups excluding tert-OH is 2. The molecule has 1 aliphatic heterocycles. The summed E-state index contributed by atoms with van der Waals surface area (Å²) >= 11 is 1.58. The fraction of sp³-hybridized carbons (Fsp3) is 0.600. The average Bonchev–Trinajstić information content (AvgIpc) is 3.22. The second-order valence-electron chi connectivity index (χ2n) is 6.53. The van der Waals surface area contributed by atoms with Crippen molar-refractivity contribution in [2.45, 2.75) is 37.0 Å². The van der Waals surface area contributed by atoms with Gasteiger partial charge in [-0.05, 0) is 12.0 Å². The summed E-state index contributed by atoms with van der Waals surface area (Å²) in [6, 6.07) is -0.617. The second kappa shape index (κ2) is 8.55. The lowest BCUT2D eigenvalue weighted by atomic mass is 10.1. The number of carbonyl (C=O) groups excluding carboxylic acids is 1. The van der Waals surface area contributed by atoms with Gasteiger partial charge in [-0.3, -0.25) is 14.6 Å². The molecule has 5 atom stereocenters. The van der Waals surface area contributed by atoms with E-state index in [0.717, 1.165) is 5.75 Å². The van der Waals surface area contributed by atoms with E-state index in [-0.39, 0.29) is 12.4 Å². The van der Waals surface area contributed by atoms with Gasteiger partial charge in [0, 0.05) is 6.42 Å². The number of hydrogen-bond acceptors (Lipinski definition) is 10. The zero-order valence-electron chi connectivity index (χ0n) is 15.2. The fourth-order valence-corrected chi connectivity index (χ4v) is 3.54. The summed E-state index contributed by atoms with van der Waals surface area (Å²) in [5, 5.41) is 31.3. The Morgan fingerprint density at radius 1 is 1.43 bits per heavy atom. The van der Waals surface area contributed by atoms with Gasteiger partial charge >= 0.3 is 5.91 Å². The van der Waals surface area contributed by atoms with Gasteiger partial charge < -0.3 is 26.4 Å². The molecule has 0 aliphatic carbocycles. The van der Waals surface area contributed by atoms with Gasteiger partial charge in [-0.1, -0.05) is 0 Å². The van der Waals surface area contributed by atoms with Crippen LogP contribution in [0.2, 0.25) is 0 Å². The molecule has 2 aromatic heterocycles. The maximum atomic E-state index is 12.2.